The molecular formula is C24H30N2O3. The van der Waals surface area contributed by atoms with E-state index in [1.54, 1.807) is 12.1 Å². The van der Waals surface area contributed by atoms with Crippen LogP contribution in [0.4, 0.5) is 0 Å². The molecule has 1 aliphatic heterocycles. The summed E-state index contributed by atoms with van der Waals surface area (Å²) in [5.41, 5.74) is 2.47. The van der Waals surface area contributed by atoms with Gasteiger partial charge in [0.1, 0.15) is 5.75 Å². The minimum atomic E-state index is -0.0795. The van der Waals surface area contributed by atoms with E-state index in [1.807, 2.05) is 62.1 Å². The van der Waals surface area contributed by atoms with Gasteiger partial charge in [0.05, 0.1) is 6.61 Å². The number of amides is 2. The molecule has 1 N–H and O–H groups in total. The Morgan fingerprint density at radius 1 is 1.14 bits per heavy atom. The largest absolute Gasteiger partial charge is 0.493 e. The zero-order valence-electron chi connectivity index (χ0n) is 17.5. The Morgan fingerprint density at radius 3 is 2.59 bits per heavy atom. The van der Waals surface area contributed by atoms with Gasteiger partial charge in [-0.1, -0.05) is 17.7 Å². The second-order valence-electron chi connectivity index (χ2n) is 8.09. The maximum Gasteiger partial charge on any atom is 0.253 e. The molecule has 5 heteroatoms. The molecule has 0 spiro atoms. The van der Waals surface area contributed by atoms with Crippen LogP contribution in [0.5, 0.6) is 5.75 Å². The molecule has 2 amide bonds. The fraction of sp³-hybridized carbons (Fsp3) is 0.417. The second-order valence-corrected chi connectivity index (χ2v) is 8.09. The van der Waals surface area contributed by atoms with E-state index in [0.29, 0.717) is 24.6 Å². The average Bonchev–Trinajstić information content (AvgIpc) is 2.72. The van der Waals surface area contributed by atoms with Crippen molar-refractivity contribution in [3.05, 3.63) is 65.2 Å². The van der Waals surface area contributed by atoms with Gasteiger partial charge in [-0.05, 0) is 70.0 Å². The molecule has 0 bridgehead atoms. The summed E-state index contributed by atoms with van der Waals surface area (Å²) in [4.78, 5) is 26.8. The Labute approximate surface area is 173 Å². The Morgan fingerprint density at radius 2 is 1.90 bits per heavy atom. The quantitative estimate of drug-likeness (QED) is 0.804. The van der Waals surface area contributed by atoms with Crippen LogP contribution in [0.3, 0.4) is 0 Å². The molecule has 1 saturated heterocycles. The molecule has 0 aliphatic carbocycles. The van der Waals surface area contributed by atoms with Gasteiger partial charge >= 0.3 is 0 Å². The van der Waals surface area contributed by atoms with Crippen LogP contribution in [-0.4, -0.2) is 42.5 Å². The van der Waals surface area contributed by atoms with Crippen LogP contribution in [0.1, 0.15) is 53.0 Å². The monoisotopic (exact) mass is 394 g/mol. The topological polar surface area (TPSA) is 58.6 Å². The van der Waals surface area contributed by atoms with Gasteiger partial charge in [0.25, 0.3) is 11.8 Å². The Kier molecular flexibility index (Phi) is 6.91. The van der Waals surface area contributed by atoms with Gasteiger partial charge in [-0.2, -0.15) is 0 Å². The number of nitrogens with zero attached hydrogens (tertiary/aromatic N) is 1. The molecule has 1 unspecified atom stereocenters. The van der Waals surface area contributed by atoms with Gasteiger partial charge in [0, 0.05) is 36.2 Å². The summed E-state index contributed by atoms with van der Waals surface area (Å²) in [6.07, 6.45) is 2.03. The van der Waals surface area contributed by atoms with Crippen LogP contribution < -0.4 is 10.1 Å². The van der Waals surface area contributed by atoms with E-state index >= 15 is 0 Å². The number of ether oxygens (including phenoxy) is 1. The van der Waals surface area contributed by atoms with Gasteiger partial charge in [-0.15, -0.1) is 0 Å². The van der Waals surface area contributed by atoms with E-state index in [1.165, 1.54) is 0 Å². The zero-order chi connectivity index (χ0) is 20.8. The molecule has 154 valence electrons. The minimum Gasteiger partial charge on any atom is -0.493 e. The summed E-state index contributed by atoms with van der Waals surface area (Å²) in [7, 11) is 0. The van der Waals surface area contributed by atoms with Crippen LogP contribution in [0.2, 0.25) is 0 Å². The fourth-order valence-corrected chi connectivity index (χ4v) is 3.61. The van der Waals surface area contributed by atoms with E-state index in [4.69, 9.17) is 4.74 Å². The van der Waals surface area contributed by atoms with Gasteiger partial charge in [0.2, 0.25) is 0 Å². The highest BCUT2D eigenvalue weighted by atomic mass is 16.5. The van der Waals surface area contributed by atoms with E-state index in [-0.39, 0.29) is 17.9 Å². The van der Waals surface area contributed by atoms with Crippen LogP contribution in [-0.2, 0) is 0 Å². The number of hydrogen-bond donors (Lipinski definition) is 1. The Bertz CT molecular complexity index is 845. The van der Waals surface area contributed by atoms with Crippen molar-refractivity contribution in [2.75, 3.05) is 19.7 Å². The van der Waals surface area contributed by atoms with Gasteiger partial charge in [-0.3, -0.25) is 9.59 Å². The third-order valence-corrected chi connectivity index (χ3v) is 5.09. The summed E-state index contributed by atoms with van der Waals surface area (Å²) in [6, 6.07) is 15.1. The summed E-state index contributed by atoms with van der Waals surface area (Å²) in [5.74, 6) is 1.07. The number of aryl methyl sites for hydroxylation is 1. The smallest absolute Gasteiger partial charge is 0.253 e. The number of carbonyl (C=O) groups excluding carboxylic acids is 2. The molecule has 1 fully saturated rings. The average molecular weight is 395 g/mol. The normalized spacial score (nSPS) is 16.6. The number of rotatable bonds is 6. The van der Waals surface area contributed by atoms with Gasteiger partial charge < -0.3 is 15.0 Å². The van der Waals surface area contributed by atoms with Crippen LogP contribution in [0, 0.1) is 12.8 Å². The van der Waals surface area contributed by atoms with Crippen molar-refractivity contribution in [1.82, 2.24) is 10.2 Å². The summed E-state index contributed by atoms with van der Waals surface area (Å²) in [5, 5.41) is 2.88. The first kappa shape index (κ1) is 20.9. The van der Waals surface area contributed by atoms with Gasteiger partial charge in [-0.25, -0.2) is 0 Å². The van der Waals surface area contributed by atoms with E-state index in [2.05, 4.69) is 5.32 Å². The molecule has 5 nitrogen and oxygen atoms in total. The van der Waals surface area contributed by atoms with Crippen LogP contribution in [0.25, 0.3) is 0 Å². The first-order valence-electron chi connectivity index (χ1n) is 10.3. The molecule has 0 aromatic heterocycles. The number of likely N-dealkylation sites (tertiary alicyclic amines) is 1. The van der Waals surface area contributed by atoms with Crippen LogP contribution in [0.15, 0.2) is 48.5 Å². The number of carbonyl (C=O) groups is 2. The van der Waals surface area contributed by atoms with Crippen molar-refractivity contribution in [3.63, 3.8) is 0 Å². The molecular weight excluding hydrogens is 364 g/mol. The summed E-state index contributed by atoms with van der Waals surface area (Å²) >= 11 is 0. The molecule has 1 atom stereocenters. The lowest BCUT2D eigenvalue weighted by atomic mass is 9.98. The lowest BCUT2D eigenvalue weighted by molar-refractivity contribution is 0.0633. The number of hydrogen-bond acceptors (Lipinski definition) is 3. The predicted octanol–water partition coefficient (Wildman–Crippen LogP) is 4.06. The molecule has 0 saturated carbocycles. The van der Waals surface area contributed by atoms with Crippen molar-refractivity contribution in [2.45, 2.75) is 39.7 Å². The fourth-order valence-electron chi connectivity index (χ4n) is 3.61. The standard InChI is InChI=1S/C24H30N2O3/c1-17(2)25-23(27)20-9-11-22(12-10-20)29-16-19-7-5-13-26(15-19)24(28)21-8-4-6-18(3)14-21/h4,6,8-12,14,17,19H,5,7,13,15-16H2,1-3H3,(H,25,27). The third-order valence-electron chi connectivity index (χ3n) is 5.09. The Hall–Kier alpha value is -2.82. The molecule has 0 radical (unpaired) electrons. The number of nitrogens with one attached hydrogen (secondary N) is 1. The van der Waals surface area contributed by atoms with E-state index < -0.39 is 0 Å². The zero-order valence-corrected chi connectivity index (χ0v) is 17.5. The summed E-state index contributed by atoms with van der Waals surface area (Å²) in [6.45, 7) is 7.94. The molecule has 2 aromatic carbocycles. The molecule has 1 heterocycles. The first-order chi connectivity index (χ1) is 13.9. The van der Waals surface area contributed by atoms with E-state index in [9.17, 15) is 9.59 Å². The SMILES string of the molecule is Cc1cccc(C(=O)N2CCCC(COc3ccc(C(=O)NC(C)C)cc3)C2)c1. The van der Waals surface area contributed by atoms with Crippen LogP contribution >= 0.6 is 0 Å². The highest BCUT2D eigenvalue weighted by Crippen LogP contribution is 2.21. The van der Waals surface area contributed by atoms with Crippen molar-refractivity contribution in [2.24, 2.45) is 5.92 Å². The first-order valence-corrected chi connectivity index (χ1v) is 10.3. The highest BCUT2D eigenvalue weighted by molar-refractivity contribution is 5.95. The lowest BCUT2D eigenvalue weighted by Crippen LogP contribution is -2.41. The maximum absolute atomic E-state index is 12.8. The second kappa shape index (κ2) is 9.59. The molecule has 1 aliphatic rings. The van der Waals surface area contributed by atoms with Crippen molar-refractivity contribution in [3.8, 4) is 5.75 Å². The Balaban J connectivity index is 1.53. The molecule has 2 aromatic rings. The maximum atomic E-state index is 12.8. The molecule has 3 rings (SSSR count). The van der Waals surface area contributed by atoms with Crippen molar-refractivity contribution in [1.29, 1.82) is 0 Å². The summed E-state index contributed by atoms with van der Waals surface area (Å²) < 4.78 is 5.94. The van der Waals surface area contributed by atoms with Gasteiger partial charge in [0.15, 0.2) is 0 Å². The number of benzene rings is 2. The molecule has 29 heavy (non-hydrogen) atoms. The predicted molar refractivity (Wildman–Crippen MR) is 114 cm³/mol. The lowest BCUT2D eigenvalue weighted by Gasteiger charge is -2.32. The van der Waals surface area contributed by atoms with Crippen molar-refractivity contribution >= 4 is 11.8 Å². The minimum absolute atomic E-state index is 0.0795. The third kappa shape index (κ3) is 5.83. The highest BCUT2D eigenvalue weighted by Gasteiger charge is 2.25. The van der Waals surface area contributed by atoms with Crippen molar-refractivity contribution < 1.29 is 14.3 Å². The van der Waals surface area contributed by atoms with E-state index in [0.717, 1.165) is 36.3 Å². The number of piperidine rings is 1.